The van der Waals surface area contributed by atoms with Crippen molar-refractivity contribution in [3.8, 4) is 0 Å². The lowest BCUT2D eigenvalue weighted by Gasteiger charge is -2.31. The molecule has 0 amide bonds. The minimum atomic E-state index is -0.135. The summed E-state index contributed by atoms with van der Waals surface area (Å²) in [5.41, 5.74) is 7.38. The fourth-order valence-electron chi connectivity index (χ4n) is 2.40. The zero-order valence-corrected chi connectivity index (χ0v) is 12.5. The standard InChI is InChI=1S/C16H27FN2/c1-4-5-6-12-19(13(2)3)16-9-7-8-15(17)14(16)10-11-18/h7-9,13H,4-6,10-12,18H2,1-3H3. The number of nitrogens with zero attached hydrogens (tertiary/aromatic N) is 1. The number of benzene rings is 1. The molecule has 0 heterocycles. The zero-order valence-electron chi connectivity index (χ0n) is 12.5. The lowest BCUT2D eigenvalue weighted by molar-refractivity contribution is 0.595. The van der Waals surface area contributed by atoms with E-state index in [1.54, 1.807) is 6.07 Å². The van der Waals surface area contributed by atoms with E-state index in [9.17, 15) is 4.39 Å². The summed E-state index contributed by atoms with van der Waals surface area (Å²) in [6.45, 7) is 7.97. The molecule has 19 heavy (non-hydrogen) atoms. The van der Waals surface area contributed by atoms with Crippen molar-refractivity contribution in [1.82, 2.24) is 0 Å². The van der Waals surface area contributed by atoms with Crippen LogP contribution in [0.3, 0.4) is 0 Å². The largest absolute Gasteiger partial charge is 0.369 e. The molecular formula is C16H27FN2. The number of rotatable bonds is 8. The van der Waals surface area contributed by atoms with Crippen LogP contribution in [0.4, 0.5) is 10.1 Å². The highest BCUT2D eigenvalue weighted by atomic mass is 19.1. The van der Waals surface area contributed by atoms with Gasteiger partial charge in [-0.05, 0) is 45.4 Å². The fourth-order valence-corrected chi connectivity index (χ4v) is 2.40. The van der Waals surface area contributed by atoms with Gasteiger partial charge in [0.15, 0.2) is 0 Å². The predicted molar refractivity (Wildman–Crippen MR) is 81.2 cm³/mol. The molecule has 3 heteroatoms. The molecule has 1 rings (SSSR count). The minimum Gasteiger partial charge on any atom is -0.369 e. The lowest BCUT2D eigenvalue weighted by atomic mass is 10.1. The highest BCUT2D eigenvalue weighted by molar-refractivity contribution is 5.55. The van der Waals surface area contributed by atoms with Gasteiger partial charge in [0.05, 0.1) is 0 Å². The van der Waals surface area contributed by atoms with E-state index in [4.69, 9.17) is 5.73 Å². The molecule has 0 aliphatic heterocycles. The Morgan fingerprint density at radius 3 is 2.58 bits per heavy atom. The van der Waals surface area contributed by atoms with Gasteiger partial charge in [-0.15, -0.1) is 0 Å². The second-order valence-corrected chi connectivity index (χ2v) is 5.27. The predicted octanol–water partition coefficient (Wildman–Crippen LogP) is 3.73. The molecular weight excluding hydrogens is 239 g/mol. The Morgan fingerprint density at radius 2 is 2.00 bits per heavy atom. The molecule has 108 valence electrons. The van der Waals surface area contributed by atoms with Crippen molar-refractivity contribution in [2.75, 3.05) is 18.0 Å². The SMILES string of the molecule is CCCCCN(c1cccc(F)c1CCN)C(C)C. The molecule has 0 radical (unpaired) electrons. The van der Waals surface area contributed by atoms with Crippen molar-refractivity contribution in [3.63, 3.8) is 0 Å². The maximum atomic E-state index is 14.0. The summed E-state index contributed by atoms with van der Waals surface area (Å²) in [6, 6.07) is 5.70. The van der Waals surface area contributed by atoms with E-state index in [1.165, 1.54) is 18.9 Å². The van der Waals surface area contributed by atoms with E-state index >= 15 is 0 Å². The van der Waals surface area contributed by atoms with E-state index in [0.29, 0.717) is 19.0 Å². The summed E-state index contributed by atoms with van der Waals surface area (Å²) in [6.07, 6.45) is 4.15. The molecule has 0 fully saturated rings. The quantitative estimate of drug-likeness (QED) is 0.726. The van der Waals surface area contributed by atoms with E-state index in [2.05, 4.69) is 25.7 Å². The van der Waals surface area contributed by atoms with Crippen LogP contribution in [0.25, 0.3) is 0 Å². The topological polar surface area (TPSA) is 29.3 Å². The second kappa shape index (κ2) is 8.16. The second-order valence-electron chi connectivity index (χ2n) is 5.27. The highest BCUT2D eigenvalue weighted by Gasteiger charge is 2.16. The Kier molecular flexibility index (Phi) is 6.85. The molecule has 2 N–H and O–H groups in total. The van der Waals surface area contributed by atoms with Gasteiger partial charge in [0.25, 0.3) is 0 Å². The Bertz CT molecular complexity index is 377. The zero-order chi connectivity index (χ0) is 14.3. The van der Waals surface area contributed by atoms with E-state index < -0.39 is 0 Å². The van der Waals surface area contributed by atoms with E-state index in [0.717, 1.165) is 24.2 Å². The molecule has 1 aromatic carbocycles. The Labute approximate surface area is 116 Å². The molecule has 0 saturated carbocycles. The Balaban J connectivity index is 2.97. The number of hydrogen-bond acceptors (Lipinski definition) is 2. The molecule has 0 aliphatic rings. The van der Waals surface area contributed by atoms with Gasteiger partial charge in [0, 0.05) is 23.8 Å². The summed E-state index contributed by atoms with van der Waals surface area (Å²) in [5.74, 6) is -0.135. The molecule has 0 spiro atoms. The van der Waals surface area contributed by atoms with Crippen LogP contribution in [-0.4, -0.2) is 19.1 Å². The van der Waals surface area contributed by atoms with Crippen LogP contribution in [-0.2, 0) is 6.42 Å². The van der Waals surface area contributed by atoms with E-state index in [1.807, 2.05) is 6.07 Å². The van der Waals surface area contributed by atoms with Gasteiger partial charge in [0.2, 0.25) is 0 Å². The molecule has 0 bridgehead atoms. The third kappa shape index (κ3) is 4.50. The molecule has 1 aromatic rings. The Morgan fingerprint density at radius 1 is 1.26 bits per heavy atom. The van der Waals surface area contributed by atoms with Crippen molar-refractivity contribution in [1.29, 1.82) is 0 Å². The van der Waals surface area contributed by atoms with Gasteiger partial charge in [-0.2, -0.15) is 0 Å². The van der Waals surface area contributed by atoms with Crippen LogP contribution in [0.1, 0.15) is 45.6 Å². The number of nitrogens with two attached hydrogens (primary N) is 1. The Hall–Kier alpha value is -1.09. The van der Waals surface area contributed by atoms with Crippen LogP contribution < -0.4 is 10.6 Å². The molecule has 0 aliphatic carbocycles. The monoisotopic (exact) mass is 266 g/mol. The van der Waals surface area contributed by atoms with Crippen LogP contribution in [0.2, 0.25) is 0 Å². The molecule has 2 nitrogen and oxygen atoms in total. The van der Waals surface area contributed by atoms with Gasteiger partial charge in [-0.3, -0.25) is 0 Å². The first-order valence-corrected chi connectivity index (χ1v) is 7.35. The summed E-state index contributed by atoms with van der Waals surface area (Å²) in [7, 11) is 0. The van der Waals surface area contributed by atoms with Crippen LogP contribution >= 0.6 is 0 Å². The summed E-state index contributed by atoms with van der Waals surface area (Å²) >= 11 is 0. The summed E-state index contributed by atoms with van der Waals surface area (Å²) in [5, 5.41) is 0. The first-order chi connectivity index (χ1) is 9.11. The summed E-state index contributed by atoms with van der Waals surface area (Å²) in [4.78, 5) is 2.30. The third-order valence-corrected chi connectivity index (χ3v) is 3.42. The minimum absolute atomic E-state index is 0.135. The molecule has 0 aromatic heterocycles. The first kappa shape index (κ1) is 16.0. The average molecular weight is 266 g/mol. The smallest absolute Gasteiger partial charge is 0.128 e. The number of hydrogen-bond donors (Lipinski definition) is 1. The third-order valence-electron chi connectivity index (χ3n) is 3.42. The van der Waals surface area contributed by atoms with Gasteiger partial charge < -0.3 is 10.6 Å². The van der Waals surface area contributed by atoms with Crippen molar-refractivity contribution in [3.05, 3.63) is 29.6 Å². The number of anilines is 1. The maximum Gasteiger partial charge on any atom is 0.128 e. The number of halogens is 1. The lowest BCUT2D eigenvalue weighted by Crippen LogP contribution is -2.33. The van der Waals surface area contributed by atoms with Crippen LogP contribution in [0.5, 0.6) is 0 Å². The maximum absolute atomic E-state index is 14.0. The van der Waals surface area contributed by atoms with Crippen molar-refractivity contribution >= 4 is 5.69 Å². The van der Waals surface area contributed by atoms with Gasteiger partial charge in [0.1, 0.15) is 5.82 Å². The highest BCUT2D eigenvalue weighted by Crippen LogP contribution is 2.26. The van der Waals surface area contributed by atoms with Gasteiger partial charge in [-0.25, -0.2) is 4.39 Å². The van der Waals surface area contributed by atoms with Crippen molar-refractivity contribution < 1.29 is 4.39 Å². The van der Waals surface area contributed by atoms with Crippen molar-refractivity contribution in [2.24, 2.45) is 5.73 Å². The van der Waals surface area contributed by atoms with E-state index in [-0.39, 0.29) is 5.82 Å². The van der Waals surface area contributed by atoms with Crippen LogP contribution in [0.15, 0.2) is 18.2 Å². The first-order valence-electron chi connectivity index (χ1n) is 7.35. The fraction of sp³-hybridized carbons (Fsp3) is 0.625. The van der Waals surface area contributed by atoms with Crippen LogP contribution in [0, 0.1) is 5.82 Å². The molecule has 0 saturated heterocycles. The number of unbranched alkanes of at least 4 members (excludes halogenated alkanes) is 2. The normalized spacial score (nSPS) is 11.1. The molecule has 0 atom stereocenters. The average Bonchev–Trinajstić information content (AvgIpc) is 2.37. The molecule has 0 unspecified atom stereocenters. The summed E-state index contributed by atoms with van der Waals surface area (Å²) < 4.78 is 14.0. The van der Waals surface area contributed by atoms with Crippen molar-refractivity contribution in [2.45, 2.75) is 52.5 Å². The van der Waals surface area contributed by atoms with Gasteiger partial charge >= 0.3 is 0 Å². The van der Waals surface area contributed by atoms with Gasteiger partial charge in [-0.1, -0.05) is 25.8 Å².